The molecule has 0 bridgehead atoms. The van der Waals surface area contributed by atoms with Gasteiger partial charge >= 0.3 is 0 Å². The third-order valence-corrected chi connectivity index (χ3v) is 2.65. The van der Waals surface area contributed by atoms with Crippen molar-refractivity contribution in [2.75, 3.05) is 12.0 Å². The summed E-state index contributed by atoms with van der Waals surface area (Å²) in [6, 6.07) is 3.36. The Morgan fingerprint density at radius 3 is 3.05 bits per heavy atom. The molecule has 0 fully saturated rings. The Morgan fingerprint density at radius 2 is 2.37 bits per heavy atom. The molecule has 0 spiro atoms. The van der Waals surface area contributed by atoms with E-state index >= 15 is 0 Å². The van der Waals surface area contributed by atoms with Gasteiger partial charge in [0.2, 0.25) is 0 Å². The molecule has 2 heterocycles. The topological polar surface area (TPSA) is 97.9 Å². The van der Waals surface area contributed by atoms with Gasteiger partial charge in [-0.2, -0.15) is 5.10 Å². The summed E-state index contributed by atoms with van der Waals surface area (Å²) in [4.78, 5) is 15.9. The number of pyridine rings is 1. The minimum Gasteiger partial charge on any atom is -0.352 e. The molecule has 7 nitrogen and oxygen atoms in total. The van der Waals surface area contributed by atoms with E-state index in [0.29, 0.717) is 17.9 Å². The molecule has 4 N–H and O–H groups in total. The third kappa shape index (κ3) is 3.29. The Labute approximate surface area is 110 Å². The molecular weight excluding hydrogens is 244 g/mol. The summed E-state index contributed by atoms with van der Waals surface area (Å²) in [6.45, 7) is 0.531. The number of nitrogen functional groups attached to an aromatic ring is 1. The van der Waals surface area contributed by atoms with Crippen LogP contribution in [0, 0.1) is 0 Å². The summed E-state index contributed by atoms with van der Waals surface area (Å²) in [7, 11) is 1.86. The van der Waals surface area contributed by atoms with E-state index in [1.807, 2.05) is 13.2 Å². The minimum absolute atomic E-state index is 0.204. The number of rotatable bonds is 5. The highest BCUT2D eigenvalue weighted by atomic mass is 16.1. The standard InChI is InChI=1S/C12H16N6O/c1-18-8-9(7-16-18)4-6-15-12(19)10-3-2-5-14-11(10)17-13/h2-3,5,7-8H,4,6,13H2,1H3,(H,14,17)(H,15,19). The van der Waals surface area contributed by atoms with Crippen molar-refractivity contribution in [2.45, 2.75) is 6.42 Å². The average molecular weight is 260 g/mol. The molecule has 2 aromatic rings. The van der Waals surface area contributed by atoms with E-state index in [-0.39, 0.29) is 5.91 Å². The van der Waals surface area contributed by atoms with Crippen LogP contribution in [0.2, 0.25) is 0 Å². The predicted molar refractivity (Wildman–Crippen MR) is 71.3 cm³/mol. The van der Waals surface area contributed by atoms with Crippen molar-refractivity contribution in [3.63, 3.8) is 0 Å². The molecule has 0 aliphatic heterocycles. The zero-order valence-electron chi connectivity index (χ0n) is 10.6. The predicted octanol–water partition coefficient (Wildman–Crippen LogP) is 0.0732. The van der Waals surface area contributed by atoms with E-state index in [9.17, 15) is 4.79 Å². The number of hydrazine groups is 1. The van der Waals surface area contributed by atoms with Gasteiger partial charge in [-0.25, -0.2) is 10.8 Å². The fourth-order valence-electron chi connectivity index (χ4n) is 1.72. The lowest BCUT2D eigenvalue weighted by Crippen LogP contribution is -2.27. The Kier molecular flexibility index (Phi) is 4.09. The average Bonchev–Trinajstić information content (AvgIpc) is 2.84. The molecule has 1 amide bonds. The van der Waals surface area contributed by atoms with Gasteiger partial charge in [0.1, 0.15) is 0 Å². The Morgan fingerprint density at radius 1 is 1.53 bits per heavy atom. The molecule has 0 saturated carbocycles. The molecule has 0 aliphatic carbocycles. The van der Waals surface area contributed by atoms with Crippen LogP contribution in [0.3, 0.4) is 0 Å². The van der Waals surface area contributed by atoms with Gasteiger partial charge in [-0.05, 0) is 24.1 Å². The third-order valence-electron chi connectivity index (χ3n) is 2.65. The molecule has 0 atom stereocenters. The van der Waals surface area contributed by atoms with Crippen molar-refractivity contribution in [2.24, 2.45) is 12.9 Å². The second-order valence-corrected chi connectivity index (χ2v) is 4.07. The Bertz CT molecular complexity index is 565. The number of nitrogens with zero attached hydrogens (tertiary/aromatic N) is 3. The number of aromatic nitrogens is 3. The molecule has 0 saturated heterocycles. The fraction of sp³-hybridized carbons (Fsp3) is 0.250. The second kappa shape index (κ2) is 5.96. The van der Waals surface area contributed by atoms with Gasteiger partial charge in [-0.15, -0.1) is 0 Å². The number of carbonyl (C=O) groups excluding carboxylic acids is 1. The van der Waals surface area contributed by atoms with Gasteiger partial charge in [0.25, 0.3) is 5.91 Å². The van der Waals surface area contributed by atoms with Crippen LogP contribution >= 0.6 is 0 Å². The monoisotopic (exact) mass is 260 g/mol. The SMILES string of the molecule is Cn1cc(CCNC(=O)c2cccnc2NN)cn1. The molecule has 7 heteroatoms. The number of aryl methyl sites for hydroxylation is 1. The minimum atomic E-state index is -0.204. The summed E-state index contributed by atoms with van der Waals surface area (Å²) < 4.78 is 1.73. The lowest BCUT2D eigenvalue weighted by molar-refractivity contribution is 0.0954. The summed E-state index contributed by atoms with van der Waals surface area (Å²) in [5.74, 6) is 5.47. The highest BCUT2D eigenvalue weighted by Crippen LogP contribution is 2.09. The number of nitrogens with one attached hydrogen (secondary N) is 2. The molecule has 0 unspecified atom stereocenters. The number of hydrogen-bond donors (Lipinski definition) is 3. The van der Waals surface area contributed by atoms with Crippen molar-refractivity contribution in [3.05, 3.63) is 41.9 Å². The van der Waals surface area contributed by atoms with Crippen LogP contribution in [-0.2, 0) is 13.5 Å². The zero-order valence-corrected chi connectivity index (χ0v) is 10.6. The summed E-state index contributed by atoms with van der Waals surface area (Å²) in [5, 5.41) is 6.89. The largest absolute Gasteiger partial charge is 0.352 e. The van der Waals surface area contributed by atoms with Gasteiger partial charge in [-0.3, -0.25) is 9.48 Å². The van der Waals surface area contributed by atoms with E-state index in [1.165, 1.54) is 0 Å². The quantitative estimate of drug-likeness (QED) is 0.522. The maximum absolute atomic E-state index is 12.0. The first-order chi connectivity index (χ1) is 9.20. The maximum Gasteiger partial charge on any atom is 0.255 e. The lowest BCUT2D eigenvalue weighted by atomic mass is 10.2. The molecular formula is C12H16N6O. The van der Waals surface area contributed by atoms with E-state index in [2.05, 4.69) is 20.8 Å². The van der Waals surface area contributed by atoms with Gasteiger partial charge in [0.15, 0.2) is 5.82 Å². The van der Waals surface area contributed by atoms with E-state index in [0.717, 1.165) is 12.0 Å². The zero-order chi connectivity index (χ0) is 13.7. The normalized spacial score (nSPS) is 10.2. The lowest BCUT2D eigenvalue weighted by Gasteiger charge is -2.07. The number of nitrogens with two attached hydrogens (primary N) is 1. The van der Waals surface area contributed by atoms with Crippen molar-refractivity contribution in [1.29, 1.82) is 0 Å². The number of carbonyl (C=O) groups is 1. The van der Waals surface area contributed by atoms with Crippen LogP contribution in [0.4, 0.5) is 5.82 Å². The number of amides is 1. The molecule has 100 valence electrons. The van der Waals surface area contributed by atoms with Crippen LogP contribution < -0.4 is 16.6 Å². The first-order valence-corrected chi connectivity index (χ1v) is 5.88. The molecule has 2 aromatic heterocycles. The highest BCUT2D eigenvalue weighted by molar-refractivity contribution is 5.98. The maximum atomic E-state index is 12.0. The highest BCUT2D eigenvalue weighted by Gasteiger charge is 2.10. The van der Waals surface area contributed by atoms with Crippen LogP contribution in [0.25, 0.3) is 0 Å². The van der Waals surface area contributed by atoms with Crippen molar-refractivity contribution < 1.29 is 4.79 Å². The first-order valence-electron chi connectivity index (χ1n) is 5.88. The summed E-state index contributed by atoms with van der Waals surface area (Å²) in [5.41, 5.74) is 3.90. The van der Waals surface area contributed by atoms with Crippen molar-refractivity contribution in [3.8, 4) is 0 Å². The van der Waals surface area contributed by atoms with Crippen LogP contribution in [0.15, 0.2) is 30.7 Å². The number of hydrogen-bond acceptors (Lipinski definition) is 5. The first kappa shape index (κ1) is 13.0. The van der Waals surface area contributed by atoms with Gasteiger partial charge < -0.3 is 10.7 Å². The van der Waals surface area contributed by atoms with Crippen LogP contribution in [-0.4, -0.2) is 27.2 Å². The second-order valence-electron chi connectivity index (χ2n) is 4.07. The molecule has 0 aromatic carbocycles. The fourth-order valence-corrected chi connectivity index (χ4v) is 1.72. The summed E-state index contributed by atoms with van der Waals surface area (Å²) in [6.07, 6.45) is 6.00. The smallest absolute Gasteiger partial charge is 0.255 e. The van der Waals surface area contributed by atoms with Gasteiger partial charge in [0, 0.05) is 26.0 Å². The molecule has 2 rings (SSSR count). The van der Waals surface area contributed by atoms with Crippen LogP contribution in [0.1, 0.15) is 15.9 Å². The molecule has 0 aliphatic rings. The number of anilines is 1. The Balaban J connectivity index is 1.90. The Hall–Kier alpha value is -2.41. The van der Waals surface area contributed by atoms with Crippen LogP contribution in [0.5, 0.6) is 0 Å². The van der Waals surface area contributed by atoms with Crippen molar-refractivity contribution >= 4 is 11.7 Å². The molecule has 19 heavy (non-hydrogen) atoms. The van der Waals surface area contributed by atoms with E-state index in [4.69, 9.17) is 5.84 Å². The van der Waals surface area contributed by atoms with E-state index < -0.39 is 0 Å². The molecule has 0 radical (unpaired) electrons. The summed E-state index contributed by atoms with van der Waals surface area (Å²) >= 11 is 0. The van der Waals surface area contributed by atoms with Gasteiger partial charge in [-0.1, -0.05) is 0 Å². The van der Waals surface area contributed by atoms with Crippen molar-refractivity contribution in [1.82, 2.24) is 20.1 Å². The van der Waals surface area contributed by atoms with Gasteiger partial charge in [0.05, 0.1) is 11.8 Å². The van der Waals surface area contributed by atoms with E-state index in [1.54, 1.807) is 29.2 Å².